The van der Waals surface area contributed by atoms with Crippen molar-refractivity contribution in [2.75, 3.05) is 33.1 Å². The summed E-state index contributed by atoms with van der Waals surface area (Å²) in [7, 11) is 3.92. The third-order valence-corrected chi connectivity index (χ3v) is 6.93. The Morgan fingerprint density at radius 1 is 1.33 bits per heavy atom. The second-order valence-electron chi connectivity index (χ2n) is 7.36. The van der Waals surface area contributed by atoms with E-state index in [1.54, 1.807) is 0 Å². The van der Waals surface area contributed by atoms with Crippen LogP contribution in [0.1, 0.15) is 46.5 Å². The summed E-state index contributed by atoms with van der Waals surface area (Å²) in [6.07, 6.45) is 6.87. The van der Waals surface area contributed by atoms with E-state index in [9.17, 15) is 0 Å². The average Bonchev–Trinajstić information content (AvgIpc) is 2.63. The van der Waals surface area contributed by atoms with E-state index in [1.165, 1.54) is 25.7 Å². The molecule has 1 saturated heterocycles. The van der Waals surface area contributed by atoms with Gasteiger partial charge in [0.15, 0.2) is 5.82 Å². The second kappa shape index (κ2) is 10.5. The average molecular weight is 411 g/mol. The zero-order valence-electron chi connectivity index (χ0n) is 17.3. The van der Waals surface area contributed by atoms with Crippen LogP contribution in [0, 0.1) is 11.8 Å². The summed E-state index contributed by atoms with van der Waals surface area (Å²) in [6, 6.07) is 0. The fraction of sp³-hybridized carbons (Fsp3) is 0.700. The van der Waals surface area contributed by atoms with Gasteiger partial charge in [-0.3, -0.25) is 0 Å². The van der Waals surface area contributed by atoms with Gasteiger partial charge in [-0.15, -0.1) is 11.8 Å². The number of ether oxygens (including phenoxy) is 1. The van der Waals surface area contributed by atoms with Gasteiger partial charge in [0.25, 0.3) is 0 Å². The van der Waals surface area contributed by atoms with E-state index in [1.807, 2.05) is 48.7 Å². The number of hydrogen-bond acceptors (Lipinski definition) is 6. The van der Waals surface area contributed by atoms with Crippen molar-refractivity contribution >= 4 is 34.0 Å². The standard InChI is InChI=1S/C20H34N4OS2/c1-6-17-23(4)19(18(21)20(26)24(17)5)22-15(3)27-13-10-16-8-7-11-25-12-9-14(16)2/h6,14,16H,7-13,21H2,1-5H3/b17-6+,22-15?. The van der Waals surface area contributed by atoms with Gasteiger partial charge in [0.1, 0.15) is 16.5 Å². The molecule has 0 aromatic carbocycles. The summed E-state index contributed by atoms with van der Waals surface area (Å²) in [6.45, 7) is 8.25. The molecule has 2 rings (SSSR count). The van der Waals surface area contributed by atoms with E-state index in [0.29, 0.717) is 10.7 Å². The molecule has 0 aliphatic carbocycles. The largest absolute Gasteiger partial charge is 0.393 e. The van der Waals surface area contributed by atoms with Gasteiger partial charge >= 0.3 is 0 Å². The Kier molecular flexibility index (Phi) is 8.63. The topological polar surface area (TPSA) is 54.1 Å². The summed E-state index contributed by atoms with van der Waals surface area (Å²) >= 11 is 7.29. The number of thiocarbonyl (C=S) groups is 1. The molecule has 2 heterocycles. The number of hydrogen-bond donors (Lipinski definition) is 1. The van der Waals surface area contributed by atoms with Crippen molar-refractivity contribution in [3.05, 3.63) is 23.4 Å². The lowest BCUT2D eigenvalue weighted by Crippen LogP contribution is -2.42. The molecular formula is C20H34N4OS2. The molecule has 7 heteroatoms. The lowest BCUT2D eigenvalue weighted by molar-refractivity contribution is 0.0837. The fourth-order valence-corrected chi connectivity index (χ4v) is 4.78. The molecule has 5 nitrogen and oxygen atoms in total. The highest BCUT2D eigenvalue weighted by Crippen LogP contribution is 2.29. The van der Waals surface area contributed by atoms with Crippen LogP contribution in [0.25, 0.3) is 0 Å². The molecule has 0 spiro atoms. The van der Waals surface area contributed by atoms with Gasteiger partial charge in [0.2, 0.25) is 0 Å². The van der Waals surface area contributed by atoms with Crippen molar-refractivity contribution in [1.29, 1.82) is 0 Å². The summed E-state index contributed by atoms with van der Waals surface area (Å²) in [5, 5.41) is 1.03. The maximum atomic E-state index is 6.26. The van der Waals surface area contributed by atoms with Crippen LogP contribution in [0.5, 0.6) is 0 Å². The molecule has 152 valence electrons. The summed E-state index contributed by atoms with van der Waals surface area (Å²) in [4.78, 5) is 9.36. The molecule has 2 aliphatic heterocycles. The van der Waals surface area contributed by atoms with Crippen molar-refractivity contribution in [3.8, 4) is 0 Å². The quantitative estimate of drug-likeness (QED) is 0.426. The van der Waals surface area contributed by atoms with Crippen LogP contribution in [0.4, 0.5) is 0 Å². The highest BCUT2D eigenvalue weighted by atomic mass is 32.2. The van der Waals surface area contributed by atoms with E-state index in [-0.39, 0.29) is 0 Å². The molecule has 2 atom stereocenters. The second-order valence-corrected chi connectivity index (χ2v) is 9.03. The predicted molar refractivity (Wildman–Crippen MR) is 121 cm³/mol. The number of allylic oxidation sites excluding steroid dienone is 1. The molecule has 1 fully saturated rings. The molecule has 2 N–H and O–H groups in total. The van der Waals surface area contributed by atoms with Crippen LogP contribution in [0.3, 0.4) is 0 Å². The number of likely N-dealkylation sites (N-methyl/N-ethyl adjacent to an activating group) is 1. The SMILES string of the molecule is C/C=C1/N(C)C(=S)C(N)=C(N=C(C)SCCC2CCCOCCC2C)N1C. The first-order valence-electron chi connectivity index (χ1n) is 9.80. The van der Waals surface area contributed by atoms with Crippen LogP contribution in [0.2, 0.25) is 0 Å². The molecule has 0 aromatic heterocycles. The van der Waals surface area contributed by atoms with Crippen molar-refractivity contribution in [2.24, 2.45) is 22.6 Å². The third-order valence-electron chi connectivity index (χ3n) is 5.49. The van der Waals surface area contributed by atoms with Gasteiger partial charge < -0.3 is 20.3 Å². The number of nitrogens with zero attached hydrogens (tertiary/aromatic N) is 3. The third kappa shape index (κ3) is 5.72. The molecule has 0 bridgehead atoms. The zero-order valence-corrected chi connectivity index (χ0v) is 19.0. The van der Waals surface area contributed by atoms with Crippen LogP contribution < -0.4 is 5.73 Å². The molecule has 27 heavy (non-hydrogen) atoms. The maximum Gasteiger partial charge on any atom is 0.161 e. The van der Waals surface area contributed by atoms with Gasteiger partial charge in [-0.25, -0.2) is 4.99 Å². The Morgan fingerprint density at radius 3 is 2.78 bits per heavy atom. The van der Waals surface area contributed by atoms with E-state index in [2.05, 4.69) is 13.8 Å². The van der Waals surface area contributed by atoms with Gasteiger partial charge in [0.05, 0.1) is 5.04 Å². The highest BCUT2D eigenvalue weighted by Gasteiger charge is 2.27. The van der Waals surface area contributed by atoms with Gasteiger partial charge in [0, 0.05) is 27.3 Å². The predicted octanol–water partition coefficient (Wildman–Crippen LogP) is 4.17. The van der Waals surface area contributed by atoms with Crippen LogP contribution in [0.15, 0.2) is 28.4 Å². The van der Waals surface area contributed by atoms with Crippen LogP contribution in [-0.2, 0) is 4.74 Å². The fourth-order valence-electron chi connectivity index (χ4n) is 3.72. The number of aliphatic imine (C=N–C) groups is 1. The Balaban J connectivity index is 1.99. The smallest absolute Gasteiger partial charge is 0.161 e. The Bertz CT molecular complexity index is 629. The first kappa shape index (κ1) is 22.2. The normalized spacial score (nSPS) is 27.2. The van der Waals surface area contributed by atoms with Gasteiger partial charge in [-0.2, -0.15) is 0 Å². The Labute approximate surface area is 174 Å². The van der Waals surface area contributed by atoms with Crippen molar-refractivity contribution in [3.63, 3.8) is 0 Å². The highest BCUT2D eigenvalue weighted by molar-refractivity contribution is 8.13. The van der Waals surface area contributed by atoms with E-state index < -0.39 is 0 Å². The molecular weight excluding hydrogens is 376 g/mol. The van der Waals surface area contributed by atoms with Crippen LogP contribution in [-0.4, -0.2) is 52.9 Å². The Morgan fingerprint density at radius 2 is 2.07 bits per heavy atom. The summed E-state index contributed by atoms with van der Waals surface area (Å²) in [5.41, 5.74) is 6.83. The zero-order chi connectivity index (χ0) is 20.0. The van der Waals surface area contributed by atoms with Crippen molar-refractivity contribution in [1.82, 2.24) is 9.80 Å². The minimum atomic E-state index is 0.564. The van der Waals surface area contributed by atoms with E-state index >= 15 is 0 Å². The van der Waals surface area contributed by atoms with Crippen molar-refractivity contribution in [2.45, 2.75) is 46.5 Å². The Hall–Kier alpha value is -1.05. The van der Waals surface area contributed by atoms with Crippen molar-refractivity contribution < 1.29 is 4.74 Å². The molecule has 0 amide bonds. The number of rotatable bonds is 4. The first-order valence-corrected chi connectivity index (χ1v) is 11.2. The number of nitrogens with two attached hydrogens (primary N) is 1. The van der Waals surface area contributed by atoms with E-state index in [0.717, 1.165) is 47.5 Å². The molecule has 0 aromatic rings. The summed E-state index contributed by atoms with van der Waals surface area (Å²) < 4.78 is 5.61. The first-order chi connectivity index (χ1) is 12.9. The minimum absolute atomic E-state index is 0.564. The molecule has 0 radical (unpaired) electrons. The minimum Gasteiger partial charge on any atom is -0.393 e. The van der Waals surface area contributed by atoms with Gasteiger partial charge in [-0.05, 0) is 63.2 Å². The lowest BCUT2D eigenvalue weighted by Gasteiger charge is -2.36. The number of thioether (sulfide) groups is 1. The van der Waals surface area contributed by atoms with Crippen LogP contribution >= 0.6 is 24.0 Å². The monoisotopic (exact) mass is 410 g/mol. The van der Waals surface area contributed by atoms with Gasteiger partial charge in [-0.1, -0.05) is 19.1 Å². The molecule has 2 aliphatic rings. The lowest BCUT2D eigenvalue weighted by atomic mass is 9.85. The molecule has 0 saturated carbocycles. The summed E-state index contributed by atoms with van der Waals surface area (Å²) in [5.74, 6) is 4.34. The van der Waals surface area contributed by atoms with E-state index in [4.69, 9.17) is 27.7 Å². The molecule has 2 unspecified atom stereocenters. The maximum absolute atomic E-state index is 6.26.